The molecule has 2 saturated heterocycles. The molecule has 3 heterocycles. The van der Waals surface area contributed by atoms with E-state index in [4.69, 9.17) is 9.26 Å². The lowest BCUT2D eigenvalue weighted by molar-refractivity contribution is -0.145. The summed E-state index contributed by atoms with van der Waals surface area (Å²) in [5.74, 6) is 1.94. The largest absolute Gasteiger partial charge is 0.379 e. The molecule has 1 N–H and O–H groups in total. The van der Waals surface area contributed by atoms with Crippen molar-refractivity contribution in [3.63, 3.8) is 0 Å². The van der Waals surface area contributed by atoms with Gasteiger partial charge in [0.2, 0.25) is 5.91 Å². The van der Waals surface area contributed by atoms with E-state index in [0.29, 0.717) is 24.4 Å². The van der Waals surface area contributed by atoms with E-state index in [1.54, 1.807) is 0 Å². The Bertz CT molecular complexity index is 730. The summed E-state index contributed by atoms with van der Waals surface area (Å²) < 4.78 is 11.0. The molecule has 0 radical (unpaired) electrons. The molecule has 31 heavy (non-hydrogen) atoms. The number of likely N-dealkylation sites (tertiary alicyclic amines) is 1. The molecule has 3 atom stereocenters. The molecule has 1 amide bonds. The van der Waals surface area contributed by atoms with Crippen LogP contribution in [-0.4, -0.2) is 72.8 Å². The van der Waals surface area contributed by atoms with Crippen molar-refractivity contribution in [3.8, 4) is 0 Å². The van der Waals surface area contributed by atoms with Crippen molar-refractivity contribution in [3.05, 3.63) is 17.5 Å². The van der Waals surface area contributed by atoms with Gasteiger partial charge in [-0.1, -0.05) is 25.9 Å². The lowest BCUT2D eigenvalue weighted by Crippen LogP contribution is -2.60. The van der Waals surface area contributed by atoms with Gasteiger partial charge in [0, 0.05) is 31.7 Å². The smallest absolute Gasteiger partial charge is 0.228 e. The van der Waals surface area contributed by atoms with E-state index in [9.17, 15) is 4.79 Å². The van der Waals surface area contributed by atoms with Crippen LogP contribution in [-0.2, 0) is 22.5 Å². The van der Waals surface area contributed by atoms with Crippen LogP contribution in [0.15, 0.2) is 10.6 Å². The van der Waals surface area contributed by atoms with E-state index in [0.717, 1.165) is 89.5 Å². The fourth-order valence-electron chi connectivity index (χ4n) is 5.93. The van der Waals surface area contributed by atoms with E-state index in [1.807, 2.05) is 6.07 Å². The Kier molecular flexibility index (Phi) is 7.34. The predicted molar refractivity (Wildman–Crippen MR) is 120 cm³/mol. The minimum Gasteiger partial charge on any atom is -0.379 e. The van der Waals surface area contributed by atoms with Crippen molar-refractivity contribution < 1.29 is 14.1 Å². The number of ether oxygens (including phenoxy) is 1. The summed E-state index contributed by atoms with van der Waals surface area (Å²) in [5.41, 5.74) is 0.689. The van der Waals surface area contributed by atoms with Crippen LogP contribution in [0.5, 0.6) is 0 Å². The van der Waals surface area contributed by atoms with Crippen LogP contribution in [0.1, 0.15) is 57.9 Å². The Hall–Kier alpha value is -1.44. The van der Waals surface area contributed by atoms with Crippen molar-refractivity contribution >= 4 is 5.91 Å². The fraction of sp³-hybridized carbons (Fsp3) is 0.833. The van der Waals surface area contributed by atoms with Crippen LogP contribution in [0, 0.1) is 17.3 Å². The first kappa shape index (κ1) is 22.7. The third-order valence-electron chi connectivity index (χ3n) is 7.67. The summed E-state index contributed by atoms with van der Waals surface area (Å²) >= 11 is 0. The second-order valence-corrected chi connectivity index (χ2v) is 10.2. The van der Waals surface area contributed by atoms with Crippen LogP contribution in [0.4, 0.5) is 0 Å². The Labute approximate surface area is 186 Å². The highest BCUT2D eigenvalue weighted by atomic mass is 16.5. The highest BCUT2D eigenvalue weighted by Gasteiger charge is 2.52. The van der Waals surface area contributed by atoms with Gasteiger partial charge in [-0.15, -0.1) is 0 Å². The number of carbonyl (C=O) groups excluding carboxylic acids is 1. The summed E-state index contributed by atoms with van der Waals surface area (Å²) in [5, 5.41) is 7.39. The monoisotopic (exact) mass is 432 g/mol. The van der Waals surface area contributed by atoms with Crippen molar-refractivity contribution in [2.75, 3.05) is 45.9 Å². The number of hydrogen-bond acceptors (Lipinski definition) is 6. The molecule has 0 unspecified atom stereocenters. The lowest BCUT2D eigenvalue weighted by Gasteiger charge is -2.53. The first-order valence-electron chi connectivity index (χ1n) is 12.3. The Morgan fingerprint density at radius 2 is 2.10 bits per heavy atom. The number of amides is 1. The van der Waals surface area contributed by atoms with Gasteiger partial charge in [0.1, 0.15) is 0 Å². The number of piperidine rings is 1. The summed E-state index contributed by atoms with van der Waals surface area (Å²) in [6.45, 7) is 13.7. The molecule has 4 rings (SSSR count). The molecule has 1 saturated carbocycles. The highest BCUT2D eigenvalue weighted by molar-refractivity contribution is 5.83. The number of nitrogens with zero attached hydrogens (tertiary/aromatic N) is 3. The summed E-state index contributed by atoms with van der Waals surface area (Å²) in [7, 11) is 0. The first-order valence-corrected chi connectivity index (χ1v) is 12.3. The molecule has 7 nitrogen and oxygen atoms in total. The summed E-state index contributed by atoms with van der Waals surface area (Å²) in [6, 6.07) is 2.58. The van der Waals surface area contributed by atoms with Gasteiger partial charge in [-0.3, -0.25) is 9.69 Å². The molecule has 0 bridgehead atoms. The third-order valence-corrected chi connectivity index (χ3v) is 7.67. The Morgan fingerprint density at radius 1 is 1.29 bits per heavy atom. The molecule has 174 valence electrons. The quantitative estimate of drug-likeness (QED) is 0.714. The summed E-state index contributed by atoms with van der Waals surface area (Å²) in [4.78, 5) is 18.7. The van der Waals surface area contributed by atoms with Gasteiger partial charge in [-0.05, 0) is 57.0 Å². The van der Waals surface area contributed by atoms with Crippen molar-refractivity contribution in [1.29, 1.82) is 0 Å². The third kappa shape index (κ3) is 5.15. The molecule has 1 aliphatic carbocycles. The molecule has 3 fully saturated rings. The van der Waals surface area contributed by atoms with Crippen molar-refractivity contribution in [2.45, 2.75) is 65.5 Å². The van der Waals surface area contributed by atoms with Gasteiger partial charge in [0.05, 0.1) is 30.9 Å². The lowest BCUT2D eigenvalue weighted by atomic mass is 9.61. The predicted octanol–water partition coefficient (Wildman–Crippen LogP) is 2.70. The Balaban J connectivity index is 1.42. The van der Waals surface area contributed by atoms with Gasteiger partial charge in [-0.25, -0.2) is 0 Å². The van der Waals surface area contributed by atoms with Crippen LogP contribution in [0.25, 0.3) is 0 Å². The maximum absolute atomic E-state index is 13.6. The molecule has 1 aromatic heterocycles. The zero-order chi connectivity index (χ0) is 21.8. The van der Waals surface area contributed by atoms with Gasteiger partial charge in [0.15, 0.2) is 5.76 Å². The standard InChI is InChI=1S/C24H40N4O3/c1-4-27-8-6-19-14-21(28-9-11-30-12-10-28)5-7-24(19,17-27)23(29)25-16-22-15-20(26-31-22)13-18(2)3/h15,18-19,21H,4-14,16-17H2,1-3H3,(H,25,29)/t19-,21+,24-/m1/s1. The molecule has 0 spiro atoms. The van der Waals surface area contributed by atoms with Gasteiger partial charge in [-0.2, -0.15) is 0 Å². The average Bonchev–Trinajstić information content (AvgIpc) is 3.23. The molecule has 0 aromatic carbocycles. The molecular weight excluding hydrogens is 392 g/mol. The SMILES string of the molecule is CCN1CC[C@@H]2C[C@@H](N3CCOCC3)CC[C@@]2(C(=O)NCc2cc(CC(C)C)no2)C1. The minimum atomic E-state index is -0.280. The second-order valence-electron chi connectivity index (χ2n) is 10.2. The zero-order valence-corrected chi connectivity index (χ0v) is 19.6. The molecule has 2 aliphatic heterocycles. The number of fused-ring (bicyclic) bond motifs is 1. The number of aromatic nitrogens is 1. The first-order chi connectivity index (χ1) is 15.0. The van der Waals surface area contributed by atoms with Crippen LogP contribution >= 0.6 is 0 Å². The van der Waals surface area contributed by atoms with E-state index in [-0.39, 0.29) is 11.3 Å². The van der Waals surface area contributed by atoms with Gasteiger partial charge >= 0.3 is 0 Å². The van der Waals surface area contributed by atoms with Crippen molar-refractivity contribution in [1.82, 2.24) is 20.3 Å². The second kappa shape index (κ2) is 10.0. The fourth-order valence-corrected chi connectivity index (χ4v) is 5.93. The maximum Gasteiger partial charge on any atom is 0.228 e. The Morgan fingerprint density at radius 3 is 2.84 bits per heavy atom. The van der Waals surface area contributed by atoms with Crippen LogP contribution in [0.2, 0.25) is 0 Å². The number of carbonyl (C=O) groups is 1. The molecule has 1 aromatic rings. The zero-order valence-electron chi connectivity index (χ0n) is 19.6. The number of nitrogens with one attached hydrogen (secondary N) is 1. The van der Waals surface area contributed by atoms with E-state index in [1.165, 1.54) is 0 Å². The number of rotatable bonds is 7. The molecule has 3 aliphatic rings. The highest BCUT2D eigenvalue weighted by Crippen LogP contribution is 2.47. The average molecular weight is 433 g/mol. The normalized spacial score (nSPS) is 30.3. The topological polar surface area (TPSA) is 70.8 Å². The van der Waals surface area contributed by atoms with Crippen LogP contribution < -0.4 is 5.32 Å². The summed E-state index contributed by atoms with van der Waals surface area (Å²) in [6.07, 6.45) is 5.21. The number of morpholine rings is 1. The number of hydrogen-bond donors (Lipinski definition) is 1. The van der Waals surface area contributed by atoms with Gasteiger partial charge < -0.3 is 19.5 Å². The van der Waals surface area contributed by atoms with E-state index in [2.05, 4.69) is 41.0 Å². The van der Waals surface area contributed by atoms with Gasteiger partial charge in [0.25, 0.3) is 0 Å². The van der Waals surface area contributed by atoms with Crippen molar-refractivity contribution in [2.24, 2.45) is 17.3 Å². The van der Waals surface area contributed by atoms with E-state index < -0.39 is 0 Å². The molecular formula is C24H40N4O3. The molecule has 7 heteroatoms. The minimum absolute atomic E-state index is 0.206. The van der Waals surface area contributed by atoms with E-state index >= 15 is 0 Å². The van der Waals surface area contributed by atoms with Crippen LogP contribution in [0.3, 0.4) is 0 Å². The maximum atomic E-state index is 13.6.